The average molecular weight is 291 g/mol. The van der Waals surface area contributed by atoms with Crippen molar-refractivity contribution in [2.24, 2.45) is 5.16 Å². The third kappa shape index (κ3) is 4.48. The Morgan fingerprint density at radius 3 is 2.76 bits per heavy atom. The van der Waals surface area contributed by atoms with Gasteiger partial charge in [-0.2, -0.15) is 0 Å². The van der Waals surface area contributed by atoms with Crippen LogP contribution >= 0.6 is 0 Å². The van der Waals surface area contributed by atoms with Gasteiger partial charge in [0.2, 0.25) is 0 Å². The lowest BCUT2D eigenvalue weighted by Crippen LogP contribution is -2.61. The summed E-state index contributed by atoms with van der Waals surface area (Å²) in [5.74, 6) is -0.243. The van der Waals surface area contributed by atoms with Crippen molar-refractivity contribution in [1.29, 1.82) is 0 Å². The highest BCUT2D eigenvalue weighted by Crippen LogP contribution is 2.08. The lowest BCUT2D eigenvalue weighted by atomic mass is 10.1. The van der Waals surface area contributed by atoms with Gasteiger partial charge in [-0.05, 0) is 5.56 Å². The zero-order chi connectivity index (χ0) is 15.1. The summed E-state index contributed by atoms with van der Waals surface area (Å²) in [7, 11) is 1.37. The first-order valence-corrected chi connectivity index (χ1v) is 6.51. The molecule has 1 aliphatic rings. The second kappa shape index (κ2) is 7.28. The highest BCUT2D eigenvalue weighted by atomic mass is 16.6. The van der Waals surface area contributed by atoms with E-state index in [9.17, 15) is 9.59 Å². The topological polar surface area (TPSA) is 80.2 Å². The molecule has 7 nitrogen and oxygen atoms in total. The second-order valence-electron chi connectivity index (χ2n) is 4.56. The van der Waals surface area contributed by atoms with E-state index < -0.39 is 6.09 Å². The lowest BCUT2D eigenvalue weighted by Gasteiger charge is -2.38. The van der Waals surface area contributed by atoms with Crippen molar-refractivity contribution < 1.29 is 19.2 Å². The summed E-state index contributed by atoms with van der Waals surface area (Å²) in [5.41, 5.74) is 0.925. The molecule has 1 saturated heterocycles. The van der Waals surface area contributed by atoms with Gasteiger partial charge in [-0.3, -0.25) is 4.79 Å². The van der Waals surface area contributed by atoms with Crippen LogP contribution in [-0.2, 0) is 21.0 Å². The largest absolute Gasteiger partial charge is 0.445 e. The molecule has 1 aromatic carbocycles. The van der Waals surface area contributed by atoms with Gasteiger partial charge in [0.25, 0.3) is 5.91 Å². The molecule has 0 saturated carbocycles. The number of rotatable bonds is 5. The number of carbonyl (C=O) groups is 2. The molecule has 2 rings (SSSR count). The summed E-state index contributed by atoms with van der Waals surface area (Å²) < 4.78 is 5.10. The van der Waals surface area contributed by atoms with Gasteiger partial charge in [-0.1, -0.05) is 35.5 Å². The summed E-state index contributed by atoms with van der Waals surface area (Å²) in [6.07, 6.45) is 0.616. The van der Waals surface area contributed by atoms with Crippen molar-refractivity contribution in [3.8, 4) is 0 Å². The molecule has 0 aliphatic carbocycles. The number of alkyl carbamates (subject to hydrolysis) is 1. The molecule has 7 heteroatoms. The van der Waals surface area contributed by atoms with Crippen LogP contribution in [-0.4, -0.2) is 49.4 Å². The van der Waals surface area contributed by atoms with Gasteiger partial charge in [0.15, 0.2) is 0 Å². The summed E-state index contributed by atoms with van der Waals surface area (Å²) in [5, 5.41) is 6.09. The molecule has 112 valence electrons. The van der Waals surface area contributed by atoms with Crippen LogP contribution in [0.25, 0.3) is 0 Å². The predicted molar refractivity (Wildman–Crippen MR) is 75.6 cm³/mol. The number of amides is 2. The fraction of sp³-hybridized carbons (Fsp3) is 0.357. The van der Waals surface area contributed by atoms with Crippen molar-refractivity contribution in [1.82, 2.24) is 10.2 Å². The maximum atomic E-state index is 11.6. The van der Waals surface area contributed by atoms with Crippen LogP contribution in [0.3, 0.4) is 0 Å². The minimum atomic E-state index is -0.485. The van der Waals surface area contributed by atoms with E-state index in [0.29, 0.717) is 13.1 Å². The Morgan fingerprint density at radius 2 is 2.10 bits per heavy atom. The predicted octanol–water partition coefficient (Wildman–Crippen LogP) is 0.756. The monoisotopic (exact) mass is 291 g/mol. The van der Waals surface area contributed by atoms with Crippen LogP contribution in [0.4, 0.5) is 4.79 Å². The number of ether oxygens (including phenoxy) is 1. The molecular weight excluding hydrogens is 274 g/mol. The van der Waals surface area contributed by atoms with E-state index in [1.54, 1.807) is 4.90 Å². The number of likely N-dealkylation sites (tertiary alicyclic amines) is 1. The summed E-state index contributed by atoms with van der Waals surface area (Å²) in [6, 6.07) is 9.34. The van der Waals surface area contributed by atoms with Gasteiger partial charge in [0.1, 0.15) is 19.9 Å². The molecule has 0 spiro atoms. The lowest BCUT2D eigenvalue weighted by molar-refractivity contribution is -0.128. The van der Waals surface area contributed by atoms with E-state index in [4.69, 9.17) is 4.74 Å². The smallest absolute Gasteiger partial charge is 0.407 e. The van der Waals surface area contributed by atoms with E-state index in [-0.39, 0.29) is 18.6 Å². The maximum absolute atomic E-state index is 11.6. The fourth-order valence-corrected chi connectivity index (χ4v) is 1.86. The van der Waals surface area contributed by atoms with Crippen LogP contribution in [0.2, 0.25) is 0 Å². The number of hydrogen-bond donors (Lipinski definition) is 1. The number of nitrogens with one attached hydrogen (secondary N) is 1. The molecule has 0 radical (unpaired) electrons. The molecule has 0 unspecified atom stereocenters. The molecule has 0 aromatic heterocycles. The van der Waals surface area contributed by atoms with Crippen molar-refractivity contribution in [3.05, 3.63) is 35.9 Å². The number of nitrogens with zero attached hydrogens (tertiary/aromatic N) is 2. The Labute approximate surface area is 122 Å². The Morgan fingerprint density at radius 1 is 1.38 bits per heavy atom. The number of oxime groups is 1. The molecule has 0 bridgehead atoms. The second-order valence-corrected chi connectivity index (χ2v) is 4.56. The SMILES string of the molecule is CO/N=C/C(=O)N1CC(NC(=O)OCc2ccccc2)C1. The molecule has 0 atom stereocenters. The summed E-state index contributed by atoms with van der Waals surface area (Å²) in [4.78, 5) is 29.0. The van der Waals surface area contributed by atoms with Crippen LogP contribution in [0, 0.1) is 0 Å². The van der Waals surface area contributed by atoms with E-state index in [1.807, 2.05) is 30.3 Å². The van der Waals surface area contributed by atoms with E-state index in [2.05, 4.69) is 15.3 Å². The molecule has 21 heavy (non-hydrogen) atoms. The Hall–Kier alpha value is -2.57. The Bertz CT molecular complexity index is 512. The molecule has 1 aromatic rings. The van der Waals surface area contributed by atoms with Gasteiger partial charge in [0, 0.05) is 13.1 Å². The minimum absolute atomic E-state index is 0.0897. The summed E-state index contributed by atoms with van der Waals surface area (Å²) >= 11 is 0. The van der Waals surface area contributed by atoms with Crippen molar-refractivity contribution >= 4 is 18.2 Å². The van der Waals surface area contributed by atoms with E-state index in [0.717, 1.165) is 11.8 Å². The average Bonchev–Trinajstić information content (AvgIpc) is 2.47. The van der Waals surface area contributed by atoms with Crippen molar-refractivity contribution in [2.75, 3.05) is 20.2 Å². The normalized spacial score (nSPS) is 14.6. The summed E-state index contributed by atoms with van der Waals surface area (Å²) in [6.45, 7) is 1.10. The van der Waals surface area contributed by atoms with Crippen LogP contribution < -0.4 is 5.32 Å². The first-order chi connectivity index (χ1) is 10.2. The molecule has 1 fully saturated rings. The van der Waals surface area contributed by atoms with Crippen LogP contribution in [0.15, 0.2) is 35.5 Å². The first kappa shape index (κ1) is 14.8. The fourth-order valence-electron chi connectivity index (χ4n) is 1.86. The molecule has 1 heterocycles. The molecule has 2 amide bonds. The van der Waals surface area contributed by atoms with Crippen molar-refractivity contribution in [2.45, 2.75) is 12.6 Å². The zero-order valence-electron chi connectivity index (χ0n) is 11.7. The third-order valence-corrected chi connectivity index (χ3v) is 3.00. The Balaban J connectivity index is 1.64. The third-order valence-electron chi connectivity index (χ3n) is 3.00. The van der Waals surface area contributed by atoms with E-state index in [1.165, 1.54) is 7.11 Å². The first-order valence-electron chi connectivity index (χ1n) is 6.51. The minimum Gasteiger partial charge on any atom is -0.445 e. The highest BCUT2D eigenvalue weighted by molar-refractivity contribution is 6.26. The van der Waals surface area contributed by atoms with Crippen molar-refractivity contribution in [3.63, 3.8) is 0 Å². The highest BCUT2D eigenvalue weighted by Gasteiger charge is 2.31. The number of benzene rings is 1. The molecule has 1 aliphatic heterocycles. The standard InChI is InChI=1S/C14H17N3O4/c1-20-15-7-13(18)17-8-12(9-17)16-14(19)21-10-11-5-3-2-4-6-11/h2-7,12H,8-10H2,1H3,(H,16,19)/b15-7+. The van der Waals surface area contributed by atoms with Gasteiger partial charge in [0.05, 0.1) is 6.04 Å². The van der Waals surface area contributed by atoms with Gasteiger partial charge in [-0.25, -0.2) is 4.79 Å². The van der Waals surface area contributed by atoms with Crippen LogP contribution in [0.1, 0.15) is 5.56 Å². The molecular formula is C14H17N3O4. The quantitative estimate of drug-likeness (QED) is 0.641. The van der Waals surface area contributed by atoms with Gasteiger partial charge in [-0.15, -0.1) is 0 Å². The molecule has 1 N–H and O–H groups in total. The van der Waals surface area contributed by atoms with E-state index >= 15 is 0 Å². The van der Waals surface area contributed by atoms with Crippen LogP contribution in [0.5, 0.6) is 0 Å². The zero-order valence-corrected chi connectivity index (χ0v) is 11.7. The Kier molecular flexibility index (Phi) is 5.14. The van der Waals surface area contributed by atoms with Gasteiger partial charge >= 0.3 is 6.09 Å². The number of hydrogen-bond acceptors (Lipinski definition) is 5. The number of carbonyl (C=O) groups excluding carboxylic acids is 2. The van der Waals surface area contributed by atoms with Gasteiger partial charge < -0.3 is 19.8 Å². The maximum Gasteiger partial charge on any atom is 0.407 e.